The van der Waals surface area contributed by atoms with Gasteiger partial charge < -0.3 is 0 Å². The molecule has 1 heteroatoms. The van der Waals surface area contributed by atoms with Gasteiger partial charge in [0.15, 0.2) is 5.78 Å². The van der Waals surface area contributed by atoms with E-state index >= 15 is 0 Å². The molecule has 156 valence electrons. The highest BCUT2D eigenvalue weighted by Crippen LogP contribution is 2.55. The van der Waals surface area contributed by atoms with Crippen molar-refractivity contribution >= 4 is 11.4 Å². The van der Waals surface area contributed by atoms with Gasteiger partial charge in [0.2, 0.25) is 0 Å². The lowest BCUT2D eigenvalue weighted by atomic mass is 9.74. The molecular weight excluding hydrogens is 376 g/mol. The number of carbonyl (C=O) groups excluding carboxylic acids is 1. The highest BCUT2D eigenvalue weighted by Gasteiger charge is 2.47. The Morgan fingerprint density at radius 1 is 0.710 bits per heavy atom. The van der Waals surface area contributed by atoms with Crippen LogP contribution in [0.25, 0.3) is 5.57 Å². The Balaban J connectivity index is 1.95. The van der Waals surface area contributed by atoms with E-state index in [1.54, 1.807) is 0 Å². The molecule has 0 radical (unpaired) electrons. The molecule has 0 amide bonds. The van der Waals surface area contributed by atoms with Crippen molar-refractivity contribution in [1.29, 1.82) is 0 Å². The number of carbonyl (C=O) groups is 1. The predicted octanol–water partition coefficient (Wildman–Crippen LogP) is 7.75. The Morgan fingerprint density at radius 3 is 1.55 bits per heavy atom. The van der Waals surface area contributed by atoms with Crippen LogP contribution in [0.3, 0.4) is 0 Å². The zero-order valence-electron chi connectivity index (χ0n) is 18.9. The highest BCUT2D eigenvalue weighted by atomic mass is 16.1. The molecule has 1 aliphatic carbocycles. The van der Waals surface area contributed by atoms with E-state index in [4.69, 9.17) is 0 Å². The molecule has 3 aromatic rings. The monoisotopic (exact) mass is 406 g/mol. The van der Waals surface area contributed by atoms with Crippen molar-refractivity contribution in [3.05, 3.63) is 124 Å². The predicted molar refractivity (Wildman–Crippen MR) is 130 cm³/mol. The zero-order valence-corrected chi connectivity index (χ0v) is 18.9. The minimum absolute atomic E-state index is 0.0859. The summed E-state index contributed by atoms with van der Waals surface area (Å²) in [5.41, 5.74) is 8.12. The summed E-state index contributed by atoms with van der Waals surface area (Å²) in [7, 11) is 0. The number of benzene rings is 3. The van der Waals surface area contributed by atoms with Crippen molar-refractivity contribution in [2.24, 2.45) is 11.3 Å². The van der Waals surface area contributed by atoms with E-state index in [9.17, 15) is 4.79 Å². The summed E-state index contributed by atoms with van der Waals surface area (Å²) >= 11 is 0. The third kappa shape index (κ3) is 3.93. The molecule has 1 unspecified atom stereocenters. The van der Waals surface area contributed by atoms with Gasteiger partial charge in [0, 0.05) is 16.9 Å². The largest absolute Gasteiger partial charge is 0.294 e. The number of ketones is 1. The van der Waals surface area contributed by atoms with Crippen molar-refractivity contribution in [3.8, 4) is 0 Å². The van der Waals surface area contributed by atoms with E-state index in [-0.39, 0.29) is 17.1 Å². The van der Waals surface area contributed by atoms with Gasteiger partial charge in [0.1, 0.15) is 0 Å². The lowest BCUT2D eigenvalue weighted by Gasteiger charge is -2.29. The smallest absolute Gasteiger partial charge is 0.167 e. The van der Waals surface area contributed by atoms with Crippen LogP contribution in [0, 0.1) is 11.3 Å². The highest BCUT2D eigenvalue weighted by molar-refractivity contribution is 6.00. The van der Waals surface area contributed by atoms with Gasteiger partial charge >= 0.3 is 0 Å². The Morgan fingerprint density at radius 2 is 1.13 bits per heavy atom. The average Bonchev–Trinajstić information content (AvgIpc) is 3.06. The van der Waals surface area contributed by atoms with Gasteiger partial charge in [-0.1, -0.05) is 110 Å². The summed E-state index contributed by atoms with van der Waals surface area (Å²) in [5.74, 6) is 0.150. The van der Waals surface area contributed by atoms with Gasteiger partial charge in [-0.2, -0.15) is 0 Å². The fourth-order valence-electron chi connectivity index (χ4n) is 5.25. The van der Waals surface area contributed by atoms with Crippen LogP contribution in [0.15, 0.2) is 108 Å². The second-order valence-corrected chi connectivity index (χ2v) is 9.17. The number of Topliss-reactive ketones (excluding diaryl/α,β-unsaturated/α-hetero) is 1. The molecule has 0 aromatic heterocycles. The normalized spacial score (nSPS) is 17.5. The molecular formula is C30H30O. The zero-order chi connectivity index (χ0) is 22.0. The molecule has 1 saturated carbocycles. The maximum Gasteiger partial charge on any atom is 0.167 e. The van der Waals surface area contributed by atoms with Gasteiger partial charge in [-0.3, -0.25) is 4.79 Å². The van der Waals surface area contributed by atoms with E-state index in [1.165, 1.54) is 33.4 Å². The maximum absolute atomic E-state index is 13.6. The summed E-state index contributed by atoms with van der Waals surface area (Å²) in [4.78, 5) is 13.6. The summed E-state index contributed by atoms with van der Waals surface area (Å²) in [5, 5.41) is 0. The van der Waals surface area contributed by atoms with E-state index in [1.807, 2.05) is 30.3 Å². The van der Waals surface area contributed by atoms with Gasteiger partial charge in [-0.15, -0.1) is 0 Å². The Labute approximate surface area is 186 Å². The third-order valence-electron chi connectivity index (χ3n) is 6.53. The quantitative estimate of drug-likeness (QED) is 0.405. The lowest BCUT2D eigenvalue weighted by molar-refractivity contribution is 0.0859. The van der Waals surface area contributed by atoms with E-state index < -0.39 is 0 Å². The topological polar surface area (TPSA) is 17.1 Å². The van der Waals surface area contributed by atoms with E-state index in [2.05, 4.69) is 88.4 Å². The van der Waals surface area contributed by atoms with Crippen LogP contribution in [0.5, 0.6) is 0 Å². The van der Waals surface area contributed by atoms with Crippen molar-refractivity contribution in [2.75, 3.05) is 0 Å². The molecule has 0 bridgehead atoms. The fourth-order valence-corrected chi connectivity index (χ4v) is 5.25. The molecule has 0 heterocycles. The molecule has 4 rings (SSSR count). The van der Waals surface area contributed by atoms with Crippen LogP contribution in [-0.2, 0) is 0 Å². The Bertz CT molecular complexity index is 1090. The molecule has 0 saturated heterocycles. The Kier molecular flexibility index (Phi) is 5.78. The first-order valence-electron chi connectivity index (χ1n) is 11.0. The number of allylic oxidation sites excluding steroid dienone is 3. The van der Waals surface area contributed by atoms with Crippen LogP contribution >= 0.6 is 0 Å². The summed E-state index contributed by atoms with van der Waals surface area (Å²) in [6, 6.07) is 30.9. The fraction of sp³-hybridized carbons (Fsp3) is 0.233. The second kappa shape index (κ2) is 8.51. The van der Waals surface area contributed by atoms with Crippen LogP contribution in [-0.4, -0.2) is 5.78 Å². The van der Waals surface area contributed by atoms with E-state index in [0.717, 1.165) is 12.0 Å². The van der Waals surface area contributed by atoms with Crippen LogP contribution < -0.4 is 0 Å². The van der Waals surface area contributed by atoms with Gasteiger partial charge in [-0.05, 0) is 48.1 Å². The van der Waals surface area contributed by atoms with Crippen LogP contribution in [0.4, 0.5) is 0 Å². The van der Waals surface area contributed by atoms with Crippen LogP contribution in [0.2, 0.25) is 0 Å². The molecule has 1 fully saturated rings. The summed E-state index contributed by atoms with van der Waals surface area (Å²) in [6.07, 6.45) is 0.750. The third-order valence-corrected chi connectivity index (χ3v) is 6.53. The molecule has 1 nitrogen and oxygen atoms in total. The molecule has 1 aliphatic rings. The number of hydrogen-bond donors (Lipinski definition) is 0. The lowest BCUT2D eigenvalue weighted by Crippen LogP contribution is -2.27. The second-order valence-electron chi connectivity index (χ2n) is 9.17. The number of rotatable bonds is 4. The van der Waals surface area contributed by atoms with Crippen molar-refractivity contribution in [2.45, 2.75) is 34.1 Å². The molecule has 0 spiro atoms. The maximum atomic E-state index is 13.6. The van der Waals surface area contributed by atoms with E-state index in [0.29, 0.717) is 0 Å². The first kappa shape index (κ1) is 21.1. The minimum Gasteiger partial charge on any atom is -0.294 e. The molecule has 1 atom stereocenters. The first-order valence-corrected chi connectivity index (χ1v) is 11.0. The first-order chi connectivity index (χ1) is 14.9. The molecule has 0 N–H and O–H groups in total. The van der Waals surface area contributed by atoms with Gasteiger partial charge in [0.05, 0.1) is 0 Å². The van der Waals surface area contributed by atoms with Crippen molar-refractivity contribution < 1.29 is 4.79 Å². The molecule has 0 aliphatic heterocycles. The minimum atomic E-state index is -0.240. The average molecular weight is 407 g/mol. The summed E-state index contributed by atoms with van der Waals surface area (Å²) in [6.45, 7) is 8.84. The SMILES string of the molecule is CC(C)=C1C(=C(c2ccccc2)c2ccccc2)CC(C(=O)c2ccccc2)C1(C)C. The Hall–Kier alpha value is -3.19. The van der Waals surface area contributed by atoms with Crippen molar-refractivity contribution in [1.82, 2.24) is 0 Å². The van der Waals surface area contributed by atoms with Crippen LogP contribution in [0.1, 0.15) is 55.6 Å². The standard InChI is InChI=1S/C30H30O/c1-21(2)28-25(20-26(30(28,3)4)29(31)24-18-12-7-13-19-24)27(22-14-8-5-9-15-22)23-16-10-6-11-17-23/h5-19,26H,20H2,1-4H3. The number of hydrogen-bond acceptors (Lipinski definition) is 1. The van der Waals surface area contributed by atoms with Crippen molar-refractivity contribution in [3.63, 3.8) is 0 Å². The summed E-state index contributed by atoms with van der Waals surface area (Å²) < 4.78 is 0. The van der Waals surface area contributed by atoms with Gasteiger partial charge in [-0.25, -0.2) is 0 Å². The van der Waals surface area contributed by atoms with Gasteiger partial charge in [0.25, 0.3) is 0 Å². The molecule has 31 heavy (non-hydrogen) atoms. The molecule has 3 aromatic carbocycles.